The number of furan rings is 1. The molecular weight excluding hydrogens is 595 g/mol. The molecule has 0 unspecified atom stereocenters. The van der Waals surface area contributed by atoms with Gasteiger partial charge in [0.25, 0.3) is 0 Å². The molecule has 6 aromatic carbocycles. The molecule has 0 radical (unpaired) electrons. The second kappa shape index (κ2) is 11.0. The van der Waals surface area contributed by atoms with Crippen LogP contribution in [0.1, 0.15) is 77.6 Å². The molecule has 0 bridgehead atoms. The lowest BCUT2D eigenvalue weighted by Gasteiger charge is -2.29. The van der Waals surface area contributed by atoms with Gasteiger partial charge in [-0.1, -0.05) is 140 Å². The van der Waals surface area contributed by atoms with E-state index >= 15 is 0 Å². The lowest BCUT2D eigenvalue weighted by Crippen LogP contribution is -2.17. The van der Waals surface area contributed by atoms with Crippen LogP contribution in [0.4, 0.5) is 17.1 Å². The molecule has 0 saturated carbocycles. The van der Waals surface area contributed by atoms with Crippen LogP contribution in [0.15, 0.2) is 132 Å². The average molecular weight is 640 g/mol. The van der Waals surface area contributed by atoms with Crippen molar-refractivity contribution in [2.75, 3.05) is 4.90 Å². The SMILES string of the molecule is CC(C)(C)c1cc(C(C)(C)C)c2oc3cccc(N(c4ccc(-c5ccccc5)cc4)c4ccc5c(c4)C(C)(C)c4ccccc4-5)c3c2c1. The zero-order valence-electron chi connectivity index (χ0n) is 30.0. The van der Waals surface area contributed by atoms with Crippen molar-refractivity contribution >= 4 is 39.0 Å². The average Bonchev–Trinajstić information content (AvgIpc) is 3.57. The Balaban J connectivity index is 1.40. The minimum atomic E-state index is -0.109. The first-order valence-corrected chi connectivity index (χ1v) is 17.5. The third kappa shape index (κ3) is 5.08. The maximum Gasteiger partial charge on any atom is 0.139 e. The highest BCUT2D eigenvalue weighted by molar-refractivity contribution is 6.14. The maximum absolute atomic E-state index is 6.84. The van der Waals surface area contributed by atoms with Crippen LogP contribution in [-0.2, 0) is 16.2 Å². The predicted molar refractivity (Wildman–Crippen MR) is 209 cm³/mol. The van der Waals surface area contributed by atoms with Crippen molar-refractivity contribution < 1.29 is 4.42 Å². The predicted octanol–water partition coefficient (Wildman–Crippen LogP) is 13.6. The molecule has 0 saturated heterocycles. The fourth-order valence-electron chi connectivity index (χ4n) is 7.78. The number of hydrogen-bond acceptors (Lipinski definition) is 2. The van der Waals surface area contributed by atoms with Crippen molar-refractivity contribution in [2.24, 2.45) is 0 Å². The molecule has 0 spiro atoms. The van der Waals surface area contributed by atoms with Crippen molar-refractivity contribution in [3.8, 4) is 22.3 Å². The topological polar surface area (TPSA) is 16.4 Å². The van der Waals surface area contributed by atoms with Gasteiger partial charge in [-0.2, -0.15) is 0 Å². The van der Waals surface area contributed by atoms with Gasteiger partial charge in [0.2, 0.25) is 0 Å². The highest BCUT2D eigenvalue weighted by Gasteiger charge is 2.36. The molecule has 49 heavy (non-hydrogen) atoms. The Bertz CT molecular complexity index is 2360. The standard InChI is InChI=1S/C47H45NO/c1-45(2,3)32-27-37-43-41(19-14-20-42(43)49-44(37)40(28-32)46(4,5)6)48(33-23-21-31(22-24-33)30-15-10-9-11-16-30)34-25-26-36-35-17-12-13-18-38(35)47(7,8)39(36)29-34/h9-29H,1-8H3. The summed E-state index contributed by atoms with van der Waals surface area (Å²) in [7, 11) is 0. The van der Waals surface area contributed by atoms with E-state index in [4.69, 9.17) is 4.42 Å². The van der Waals surface area contributed by atoms with E-state index in [0.29, 0.717) is 0 Å². The summed E-state index contributed by atoms with van der Waals surface area (Å²) >= 11 is 0. The van der Waals surface area contributed by atoms with Crippen LogP contribution >= 0.6 is 0 Å². The van der Waals surface area contributed by atoms with Crippen molar-refractivity contribution in [2.45, 2.75) is 71.6 Å². The van der Waals surface area contributed by atoms with Crippen LogP contribution in [0.5, 0.6) is 0 Å². The molecule has 2 nitrogen and oxygen atoms in total. The molecule has 2 heteroatoms. The maximum atomic E-state index is 6.84. The quantitative estimate of drug-likeness (QED) is 0.191. The van der Waals surface area contributed by atoms with Gasteiger partial charge in [-0.25, -0.2) is 0 Å². The van der Waals surface area contributed by atoms with E-state index in [1.165, 1.54) is 49.9 Å². The van der Waals surface area contributed by atoms with Gasteiger partial charge in [-0.05, 0) is 92.2 Å². The fourth-order valence-corrected chi connectivity index (χ4v) is 7.78. The molecule has 8 rings (SSSR count). The van der Waals surface area contributed by atoms with E-state index in [1.807, 2.05) is 0 Å². The second-order valence-electron chi connectivity index (χ2n) is 16.3. The van der Waals surface area contributed by atoms with Crippen molar-refractivity contribution in [1.82, 2.24) is 0 Å². The lowest BCUT2D eigenvalue weighted by molar-refractivity contribution is 0.559. The number of anilines is 3. The molecule has 7 aromatic rings. The summed E-state index contributed by atoms with van der Waals surface area (Å²) in [5.74, 6) is 0. The molecular formula is C47H45NO. The monoisotopic (exact) mass is 639 g/mol. The molecule has 0 atom stereocenters. The van der Waals surface area contributed by atoms with E-state index in [0.717, 1.165) is 33.6 Å². The Labute approximate surface area is 291 Å². The largest absolute Gasteiger partial charge is 0.456 e. The van der Waals surface area contributed by atoms with Crippen molar-refractivity contribution in [3.63, 3.8) is 0 Å². The van der Waals surface area contributed by atoms with E-state index < -0.39 is 0 Å². The second-order valence-corrected chi connectivity index (χ2v) is 16.3. The Kier molecular flexibility index (Phi) is 6.99. The molecule has 0 aliphatic heterocycles. The van der Waals surface area contributed by atoms with E-state index in [2.05, 4.69) is 188 Å². The normalized spacial score (nSPS) is 13.9. The van der Waals surface area contributed by atoms with Crippen molar-refractivity contribution in [1.29, 1.82) is 0 Å². The highest BCUT2D eigenvalue weighted by Crippen LogP contribution is 2.52. The molecule has 0 amide bonds. The summed E-state index contributed by atoms with van der Waals surface area (Å²) in [6.45, 7) is 18.5. The van der Waals surface area contributed by atoms with Crippen LogP contribution in [0.2, 0.25) is 0 Å². The molecule has 1 aliphatic carbocycles. The minimum absolute atomic E-state index is 0.0136. The highest BCUT2D eigenvalue weighted by atomic mass is 16.3. The van der Waals surface area contributed by atoms with Gasteiger partial charge >= 0.3 is 0 Å². The van der Waals surface area contributed by atoms with Crippen LogP contribution in [0.25, 0.3) is 44.2 Å². The minimum Gasteiger partial charge on any atom is -0.456 e. The van der Waals surface area contributed by atoms with Gasteiger partial charge in [0, 0.05) is 27.7 Å². The smallest absolute Gasteiger partial charge is 0.139 e. The molecule has 1 heterocycles. The molecule has 0 fully saturated rings. The number of fused-ring (bicyclic) bond motifs is 6. The summed E-state index contributed by atoms with van der Waals surface area (Å²) < 4.78 is 6.84. The molecule has 1 aliphatic rings. The fraction of sp³-hybridized carbons (Fsp3) is 0.234. The Morgan fingerprint density at radius 2 is 1.20 bits per heavy atom. The van der Waals surface area contributed by atoms with E-state index in [1.54, 1.807) is 0 Å². The zero-order valence-corrected chi connectivity index (χ0v) is 30.0. The number of nitrogens with zero attached hydrogens (tertiary/aromatic N) is 1. The summed E-state index contributed by atoms with van der Waals surface area (Å²) in [6.07, 6.45) is 0. The van der Waals surface area contributed by atoms with Crippen LogP contribution < -0.4 is 4.90 Å². The lowest BCUT2D eigenvalue weighted by atomic mass is 9.79. The van der Waals surface area contributed by atoms with Gasteiger partial charge in [-0.15, -0.1) is 0 Å². The van der Waals surface area contributed by atoms with Gasteiger partial charge in [0.05, 0.1) is 11.1 Å². The number of hydrogen-bond donors (Lipinski definition) is 0. The number of benzene rings is 6. The van der Waals surface area contributed by atoms with Gasteiger partial charge in [-0.3, -0.25) is 0 Å². The first-order chi connectivity index (χ1) is 23.3. The summed E-state index contributed by atoms with van der Waals surface area (Å²) in [5, 5.41) is 2.31. The summed E-state index contributed by atoms with van der Waals surface area (Å²) in [4.78, 5) is 2.44. The van der Waals surface area contributed by atoms with Crippen molar-refractivity contribution in [3.05, 3.63) is 150 Å². The third-order valence-corrected chi connectivity index (χ3v) is 10.5. The van der Waals surface area contributed by atoms with E-state index in [9.17, 15) is 0 Å². The molecule has 244 valence electrons. The first kappa shape index (κ1) is 31.2. The van der Waals surface area contributed by atoms with Crippen LogP contribution in [-0.4, -0.2) is 0 Å². The Morgan fingerprint density at radius 1 is 0.551 bits per heavy atom. The zero-order chi connectivity index (χ0) is 34.3. The summed E-state index contributed by atoms with van der Waals surface area (Å²) in [5.41, 5.74) is 15.4. The van der Waals surface area contributed by atoms with E-state index in [-0.39, 0.29) is 16.2 Å². The summed E-state index contributed by atoms with van der Waals surface area (Å²) in [6, 6.07) is 46.8. The van der Waals surface area contributed by atoms with Gasteiger partial charge < -0.3 is 9.32 Å². The number of rotatable bonds is 4. The van der Waals surface area contributed by atoms with Crippen LogP contribution in [0.3, 0.4) is 0 Å². The Morgan fingerprint density at radius 3 is 1.92 bits per heavy atom. The molecule has 1 aromatic heterocycles. The first-order valence-electron chi connectivity index (χ1n) is 17.5. The van der Waals surface area contributed by atoms with Crippen LogP contribution in [0, 0.1) is 0 Å². The van der Waals surface area contributed by atoms with Gasteiger partial charge in [0.15, 0.2) is 0 Å². The van der Waals surface area contributed by atoms with Gasteiger partial charge in [0.1, 0.15) is 11.2 Å². The Hall–Kier alpha value is -5.08. The molecule has 0 N–H and O–H groups in total. The third-order valence-electron chi connectivity index (χ3n) is 10.5.